The third-order valence-corrected chi connectivity index (χ3v) is 5.67. The van der Waals surface area contributed by atoms with E-state index in [1.165, 1.54) is 89.0 Å². The fourth-order valence-corrected chi connectivity index (χ4v) is 4.29. The van der Waals surface area contributed by atoms with Crippen LogP contribution in [0.25, 0.3) is 0 Å². The second-order valence-electron chi connectivity index (χ2n) is 7.45. The van der Waals surface area contributed by atoms with Gasteiger partial charge in [0.05, 0.1) is 0 Å². The molecule has 1 aromatic carbocycles. The number of benzene rings is 1. The summed E-state index contributed by atoms with van der Waals surface area (Å²) >= 11 is 0. The summed E-state index contributed by atoms with van der Waals surface area (Å²) in [5.74, 6) is 0. The summed E-state index contributed by atoms with van der Waals surface area (Å²) in [6.07, 6.45) is 18.1. The molecule has 0 saturated heterocycles. The third-order valence-electron chi connectivity index (χ3n) is 5.67. The first-order valence-electron chi connectivity index (χ1n) is 9.90. The van der Waals surface area contributed by atoms with E-state index in [1.807, 2.05) is 0 Å². The molecular formula is C22H36. The molecular weight excluding hydrogens is 264 g/mol. The van der Waals surface area contributed by atoms with Crippen molar-refractivity contribution in [1.82, 2.24) is 0 Å². The molecule has 0 amide bonds. The van der Waals surface area contributed by atoms with Gasteiger partial charge in [0.25, 0.3) is 0 Å². The van der Waals surface area contributed by atoms with Crippen molar-refractivity contribution in [2.24, 2.45) is 0 Å². The van der Waals surface area contributed by atoms with Crippen LogP contribution >= 0.6 is 0 Å². The van der Waals surface area contributed by atoms with Crippen LogP contribution in [-0.2, 0) is 11.8 Å². The number of aryl methyl sites for hydroxylation is 1. The van der Waals surface area contributed by atoms with Crippen LogP contribution in [0.3, 0.4) is 0 Å². The summed E-state index contributed by atoms with van der Waals surface area (Å²) in [4.78, 5) is 0. The van der Waals surface area contributed by atoms with Crippen LogP contribution in [0.2, 0.25) is 0 Å². The van der Waals surface area contributed by atoms with Crippen molar-refractivity contribution in [2.45, 2.75) is 103 Å². The summed E-state index contributed by atoms with van der Waals surface area (Å²) in [6.45, 7) is 4.58. The zero-order valence-corrected chi connectivity index (χ0v) is 15.0. The highest BCUT2D eigenvalue weighted by Crippen LogP contribution is 2.43. The summed E-state index contributed by atoms with van der Waals surface area (Å²) < 4.78 is 0. The van der Waals surface area contributed by atoms with E-state index in [-0.39, 0.29) is 0 Å². The molecule has 0 aliphatic heterocycles. The maximum absolute atomic E-state index is 2.46. The third kappa shape index (κ3) is 4.86. The van der Waals surface area contributed by atoms with Crippen LogP contribution in [0.5, 0.6) is 0 Å². The van der Waals surface area contributed by atoms with E-state index in [4.69, 9.17) is 0 Å². The zero-order chi connectivity index (χ0) is 15.7. The van der Waals surface area contributed by atoms with E-state index in [0.717, 1.165) is 0 Å². The Bertz CT molecular complexity index is 395. The second kappa shape index (κ2) is 9.38. The van der Waals surface area contributed by atoms with Crippen molar-refractivity contribution in [3.05, 3.63) is 35.4 Å². The summed E-state index contributed by atoms with van der Waals surface area (Å²) in [7, 11) is 0. The van der Waals surface area contributed by atoms with Crippen LogP contribution in [0.1, 0.15) is 102 Å². The van der Waals surface area contributed by atoms with Crippen LogP contribution in [0, 0.1) is 0 Å². The Labute approximate surface area is 138 Å². The Morgan fingerprint density at radius 1 is 0.773 bits per heavy atom. The number of unbranched alkanes of at least 4 members (excludes halogenated alkanes) is 4. The van der Waals surface area contributed by atoms with E-state index in [0.29, 0.717) is 5.41 Å². The molecule has 0 spiro atoms. The van der Waals surface area contributed by atoms with Gasteiger partial charge in [-0.2, -0.15) is 0 Å². The average Bonchev–Trinajstić information content (AvgIpc) is 2.56. The monoisotopic (exact) mass is 300 g/mol. The maximum Gasteiger partial charge on any atom is -0.00470 e. The van der Waals surface area contributed by atoms with Gasteiger partial charge in [0.1, 0.15) is 0 Å². The Morgan fingerprint density at radius 3 is 2.09 bits per heavy atom. The molecule has 124 valence electrons. The van der Waals surface area contributed by atoms with Gasteiger partial charge in [-0.1, -0.05) is 95.9 Å². The Balaban J connectivity index is 2.00. The minimum absolute atomic E-state index is 0.509. The summed E-state index contributed by atoms with van der Waals surface area (Å²) in [6, 6.07) is 9.71. The molecule has 0 unspecified atom stereocenters. The lowest BCUT2D eigenvalue weighted by Gasteiger charge is -2.38. The smallest absolute Gasteiger partial charge is 0.00470 e. The molecule has 0 nitrogen and oxygen atoms in total. The van der Waals surface area contributed by atoms with E-state index >= 15 is 0 Å². The van der Waals surface area contributed by atoms with Crippen LogP contribution in [0.4, 0.5) is 0 Å². The molecule has 2 rings (SSSR count). The van der Waals surface area contributed by atoms with E-state index in [1.54, 1.807) is 5.56 Å². The van der Waals surface area contributed by atoms with Gasteiger partial charge in [0.15, 0.2) is 0 Å². The van der Waals surface area contributed by atoms with E-state index < -0.39 is 0 Å². The van der Waals surface area contributed by atoms with Crippen molar-refractivity contribution in [1.29, 1.82) is 0 Å². The molecule has 1 aliphatic carbocycles. The normalized spacial score (nSPS) is 17.5. The molecule has 0 N–H and O–H groups in total. The minimum Gasteiger partial charge on any atom is -0.0654 e. The molecule has 0 bridgehead atoms. The van der Waals surface area contributed by atoms with Crippen LogP contribution in [-0.4, -0.2) is 0 Å². The first-order valence-corrected chi connectivity index (χ1v) is 9.90. The second-order valence-corrected chi connectivity index (χ2v) is 7.45. The average molecular weight is 301 g/mol. The topological polar surface area (TPSA) is 0 Å². The first-order chi connectivity index (χ1) is 10.8. The van der Waals surface area contributed by atoms with Crippen molar-refractivity contribution >= 4 is 0 Å². The van der Waals surface area contributed by atoms with Crippen LogP contribution in [0.15, 0.2) is 24.3 Å². The zero-order valence-electron chi connectivity index (χ0n) is 15.0. The molecule has 0 radical (unpaired) electrons. The molecule has 1 aliphatic rings. The van der Waals surface area contributed by atoms with Gasteiger partial charge in [0.2, 0.25) is 0 Å². The van der Waals surface area contributed by atoms with Gasteiger partial charge < -0.3 is 0 Å². The molecule has 1 saturated carbocycles. The number of hydrogen-bond acceptors (Lipinski definition) is 0. The summed E-state index contributed by atoms with van der Waals surface area (Å²) in [5.41, 5.74) is 3.66. The number of rotatable bonds is 9. The molecule has 1 fully saturated rings. The standard InChI is InChI=1S/C22H36/c1-3-5-6-7-9-17-22(18-10-8-11-19-22)21-15-13-20(12-4-2)14-16-21/h13-16H,3-12,17-19H2,1-2H3. The largest absolute Gasteiger partial charge is 0.0654 e. The number of hydrogen-bond donors (Lipinski definition) is 0. The van der Waals surface area contributed by atoms with E-state index in [9.17, 15) is 0 Å². The molecule has 0 aromatic heterocycles. The molecule has 0 heteroatoms. The Kier molecular flexibility index (Phi) is 7.49. The predicted molar refractivity (Wildman–Crippen MR) is 98.6 cm³/mol. The van der Waals surface area contributed by atoms with Gasteiger partial charge >= 0.3 is 0 Å². The minimum atomic E-state index is 0.509. The SMILES string of the molecule is CCCCCCCC1(c2ccc(CCC)cc2)CCCCC1. The van der Waals surface area contributed by atoms with E-state index in [2.05, 4.69) is 38.1 Å². The molecule has 0 atom stereocenters. The highest BCUT2D eigenvalue weighted by Gasteiger charge is 2.32. The van der Waals surface area contributed by atoms with Gasteiger partial charge in [-0.05, 0) is 42.2 Å². The molecule has 1 aromatic rings. The van der Waals surface area contributed by atoms with Crippen molar-refractivity contribution < 1.29 is 0 Å². The quantitative estimate of drug-likeness (QED) is 0.423. The highest BCUT2D eigenvalue weighted by atomic mass is 14.4. The summed E-state index contributed by atoms with van der Waals surface area (Å²) in [5, 5.41) is 0. The van der Waals surface area contributed by atoms with Crippen molar-refractivity contribution in [2.75, 3.05) is 0 Å². The van der Waals surface area contributed by atoms with Crippen molar-refractivity contribution in [3.63, 3.8) is 0 Å². The first kappa shape index (κ1) is 17.6. The van der Waals surface area contributed by atoms with Gasteiger partial charge in [-0.25, -0.2) is 0 Å². The lowest BCUT2D eigenvalue weighted by Crippen LogP contribution is -2.29. The van der Waals surface area contributed by atoms with Gasteiger partial charge in [0, 0.05) is 0 Å². The molecule has 22 heavy (non-hydrogen) atoms. The molecule has 0 heterocycles. The van der Waals surface area contributed by atoms with Gasteiger partial charge in [-0.3, -0.25) is 0 Å². The fourth-order valence-electron chi connectivity index (χ4n) is 4.29. The van der Waals surface area contributed by atoms with Crippen LogP contribution < -0.4 is 0 Å². The highest BCUT2D eigenvalue weighted by molar-refractivity contribution is 5.30. The van der Waals surface area contributed by atoms with Gasteiger partial charge in [-0.15, -0.1) is 0 Å². The fraction of sp³-hybridized carbons (Fsp3) is 0.727. The maximum atomic E-state index is 2.46. The van der Waals surface area contributed by atoms with Crippen molar-refractivity contribution in [3.8, 4) is 0 Å². The Morgan fingerprint density at radius 2 is 1.45 bits per heavy atom. The lowest BCUT2D eigenvalue weighted by molar-refractivity contribution is 0.265. The Hall–Kier alpha value is -0.780. The predicted octanol–water partition coefficient (Wildman–Crippen LogP) is 7.20. The lowest BCUT2D eigenvalue weighted by atomic mass is 9.66.